The van der Waals surface area contributed by atoms with Crippen molar-refractivity contribution in [2.45, 2.75) is 69.9 Å². The SMILES string of the molecule is C[C@H](NC(=O)CN1C(=O)N[C@]2(CCc3ccccc32)C1=O)C12CC3CC(CC(C3)C1)C2. The van der Waals surface area contributed by atoms with E-state index in [1.165, 1.54) is 38.5 Å². The van der Waals surface area contributed by atoms with Crippen LogP contribution in [0.15, 0.2) is 24.3 Å². The fourth-order valence-corrected chi connectivity index (χ4v) is 8.02. The molecule has 0 unspecified atom stereocenters. The van der Waals surface area contributed by atoms with E-state index in [2.05, 4.69) is 17.6 Å². The Morgan fingerprint density at radius 3 is 2.45 bits per heavy atom. The Bertz CT molecular complexity index is 937. The second kappa shape index (κ2) is 6.57. The van der Waals surface area contributed by atoms with E-state index in [0.29, 0.717) is 6.42 Å². The maximum Gasteiger partial charge on any atom is 0.325 e. The van der Waals surface area contributed by atoms with Crippen LogP contribution in [0.1, 0.15) is 63.0 Å². The average molecular weight is 422 g/mol. The Balaban J connectivity index is 1.16. The molecule has 6 aliphatic rings. The highest BCUT2D eigenvalue weighted by atomic mass is 16.2. The van der Waals surface area contributed by atoms with Crippen molar-refractivity contribution < 1.29 is 14.4 Å². The monoisotopic (exact) mass is 421 g/mol. The maximum absolute atomic E-state index is 13.3. The van der Waals surface area contributed by atoms with E-state index >= 15 is 0 Å². The second-order valence-electron chi connectivity index (χ2n) is 11.0. The molecule has 5 aliphatic carbocycles. The third-order valence-electron chi connectivity index (χ3n) is 9.11. The second-order valence-corrected chi connectivity index (χ2v) is 11.0. The summed E-state index contributed by atoms with van der Waals surface area (Å²) < 4.78 is 0. The molecule has 1 spiro atoms. The van der Waals surface area contributed by atoms with E-state index in [4.69, 9.17) is 0 Å². The smallest absolute Gasteiger partial charge is 0.325 e. The number of fused-ring (bicyclic) bond motifs is 2. The van der Waals surface area contributed by atoms with Crippen LogP contribution in [-0.4, -0.2) is 35.3 Å². The van der Waals surface area contributed by atoms with Crippen molar-refractivity contribution in [2.24, 2.45) is 23.2 Å². The molecule has 2 N–H and O–H groups in total. The summed E-state index contributed by atoms with van der Waals surface area (Å²) in [6.45, 7) is 1.93. The summed E-state index contributed by atoms with van der Waals surface area (Å²) in [4.78, 5) is 40.1. The van der Waals surface area contributed by atoms with Gasteiger partial charge in [0.25, 0.3) is 5.91 Å². The minimum atomic E-state index is -1.00. The first-order valence-corrected chi connectivity index (χ1v) is 11.9. The van der Waals surface area contributed by atoms with Crippen LogP contribution in [-0.2, 0) is 21.5 Å². The van der Waals surface area contributed by atoms with Gasteiger partial charge in [-0.05, 0) is 92.6 Å². The Labute approximate surface area is 183 Å². The van der Waals surface area contributed by atoms with Crippen molar-refractivity contribution in [3.63, 3.8) is 0 Å². The van der Waals surface area contributed by atoms with Gasteiger partial charge in [-0.3, -0.25) is 14.5 Å². The molecule has 1 aliphatic heterocycles. The number of carbonyl (C=O) groups excluding carboxylic acids is 3. The van der Waals surface area contributed by atoms with Gasteiger partial charge in [0.1, 0.15) is 12.1 Å². The predicted octanol–water partition coefficient (Wildman–Crippen LogP) is 3.10. The fraction of sp³-hybridized carbons (Fsp3) is 0.640. The molecule has 2 atom stereocenters. The normalized spacial score (nSPS) is 38.5. The first-order chi connectivity index (χ1) is 14.9. The van der Waals surface area contributed by atoms with E-state index in [9.17, 15) is 14.4 Å². The number of urea groups is 1. The minimum absolute atomic E-state index is 0.0790. The molecular formula is C25H31N3O3. The van der Waals surface area contributed by atoms with Crippen molar-refractivity contribution in [3.8, 4) is 0 Å². The summed E-state index contributed by atoms with van der Waals surface area (Å²) in [6, 6.07) is 7.39. The van der Waals surface area contributed by atoms with Crippen LogP contribution in [0, 0.1) is 23.2 Å². The van der Waals surface area contributed by atoms with Crippen molar-refractivity contribution in [1.82, 2.24) is 15.5 Å². The van der Waals surface area contributed by atoms with Crippen molar-refractivity contribution in [3.05, 3.63) is 35.4 Å². The number of aryl methyl sites for hydroxylation is 1. The third-order valence-corrected chi connectivity index (χ3v) is 9.11. The summed E-state index contributed by atoms with van der Waals surface area (Å²) in [6.07, 6.45) is 9.05. The van der Waals surface area contributed by atoms with Gasteiger partial charge < -0.3 is 10.6 Å². The topological polar surface area (TPSA) is 78.5 Å². The largest absolute Gasteiger partial charge is 0.352 e. The number of benzene rings is 1. The zero-order chi connectivity index (χ0) is 21.4. The molecule has 5 fully saturated rings. The number of hydrogen-bond donors (Lipinski definition) is 2. The number of nitrogens with zero attached hydrogens (tertiary/aromatic N) is 1. The van der Waals surface area contributed by atoms with Gasteiger partial charge in [0.15, 0.2) is 0 Å². The Morgan fingerprint density at radius 1 is 1.13 bits per heavy atom. The van der Waals surface area contributed by atoms with E-state index in [0.717, 1.165) is 40.2 Å². The van der Waals surface area contributed by atoms with Crippen LogP contribution in [0.4, 0.5) is 4.79 Å². The van der Waals surface area contributed by atoms with Crippen LogP contribution < -0.4 is 10.6 Å². The lowest BCUT2D eigenvalue weighted by atomic mass is 9.48. The van der Waals surface area contributed by atoms with Gasteiger partial charge in [0.05, 0.1) is 0 Å². The fourth-order valence-electron chi connectivity index (χ4n) is 8.02. The van der Waals surface area contributed by atoms with Gasteiger partial charge in [-0.1, -0.05) is 24.3 Å². The summed E-state index contributed by atoms with van der Waals surface area (Å²) in [5.74, 6) is 1.94. The zero-order valence-electron chi connectivity index (χ0n) is 18.2. The van der Waals surface area contributed by atoms with E-state index in [1.807, 2.05) is 24.3 Å². The molecule has 4 amide bonds. The van der Waals surface area contributed by atoms with Crippen molar-refractivity contribution in [2.75, 3.05) is 6.54 Å². The molecule has 1 heterocycles. The van der Waals surface area contributed by atoms with Gasteiger partial charge in [-0.2, -0.15) is 0 Å². The van der Waals surface area contributed by atoms with Gasteiger partial charge in [0.2, 0.25) is 5.91 Å². The number of amides is 4. The zero-order valence-corrected chi connectivity index (χ0v) is 18.2. The summed E-state index contributed by atoms with van der Waals surface area (Å²) in [7, 11) is 0. The molecule has 7 rings (SSSR count). The van der Waals surface area contributed by atoms with Gasteiger partial charge in [0, 0.05) is 6.04 Å². The highest BCUT2D eigenvalue weighted by Crippen LogP contribution is 2.61. The van der Waals surface area contributed by atoms with Crippen molar-refractivity contribution in [1.29, 1.82) is 0 Å². The van der Waals surface area contributed by atoms with Crippen LogP contribution in [0.5, 0.6) is 0 Å². The standard InChI is InChI=1S/C25H31N3O3/c1-15(24-11-16-8-17(12-24)10-18(9-16)13-24)26-21(29)14-28-22(30)25(27-23(28)31)7-6-19-4-2-3-5-20(19)25/h2-5,15-18H,6-14H2,1H3,(H,26,29)(H,27,31)/t15-,16?,17?,18?,24?,25-/m0/s1. The third kappa shape index (κ3) is 2.79. The predicted molar refractivity (Wildman–Crippen MR) is 115 cm³/mol. The first-order valence-electron chi connectivity index (χ1n) is 11.9. The van der Waals surface area contributed by atoms with Crippen LogP contribution in [0.25, 0.3) is 0 Å². The lowest BCUT2D eigenvalue weighted by molar-refractivity contribution is -0.136. The molecule has 6 nitrogen and oxygen atoms in total. The molecule has 4 saturated carbocycles. The molecule has 0 aromatic heterocycles. The highest BCUT2D eigenvalue weighted by molar-refractivity contribution is 6.09. The summed E-state index contributed by atoms with van der Waals surface area (Å²) in [5, 5.41) is 6.10. The quantitative estimate of drug-likeness (QED) is 0.734. The Hall–Kier alpha value is -2.37. The molecule has 1 saturated heterocycles. The minimum Gasteiger partial charge on any atom is -0.352 e. The van der Waals surface area contributed by atoms with E-state index < -0.39 is 11.6 Å². The van der Waals surface area contributed by atoms with E-state index in [1.54, 1.807) is 0 Å². The molecule has 0 radical (unpaired) electrons. The lowest BCUT2D eigenvalue weighted by Gasteiger charge is -2.59. The molecular weight excluding hydrogens is 390 g/mol. The van der Waals surface area contributed by atoms with Crippen LogP contribution >= 0.6 is 0 Å². The van der Waals surface area contributed by atoms with Crippen molar-refractivity contribution >= 4 is 17.8 Å². The summed E-state index contributed by atoms with van der Waals surface area (Å²) in [5.41, 5.74) is 1.17. The molecule has 1 aromatic carbocycles. The molecule has 31 heavy (non-hydrogen) atoms. The van der Waals surface area contributed by atoms with Gasteiger partial charge in [-0.25, -0.2) is 4.79 Å². The number of hydrogen-bond acceptors (Lipinski definition) is 3. The molecule has 1 aromatic rings. The average Bonchev–Trinajstić information content (AvgIpc) is 3.20. The Kier molecular flexibility index (Phi) is 4.09. The van der Waals surface area contributed by atoms with Gasteiger partial charge >= 0.3 is 6.03 Å². The molecule has 164 valence electrons. The lowest BCUT2D eigenvalue weighted by Crippen LogP contribution is -2.57. The number of nitrogens with one attached hydrogen (secondary N) is 2. The Morgan fingerprint density at radius 2 is 1.77 bits per heavy atom. The number of imide groups is 1. The molecule has 6 heteroatoms. The molecule has 4 bridgehead atoms. The number of carbonyl (C=O) groups is 3. The first kappa shape index (κ1) is 19.3. The maximum atomic E-state index is 13.3. The van der Waals surface area contributed by atoms with Crippen LogP contribution in [0.2, 0.25) is 0 Å². The van der Waals surface area contributed by atoms with Gasteiger partial charge in [-0.15, -0.1) is 0 Å². The highest BCUT2D eigenvalue weighted by Gasteiger charge is 2.56. The summed E-state index contributed by atoms with van der Waals surface area (Å²) >= 11 is 0. The van der Waals surface area contributed by atoms with E-state index in [-0.39, 0.29) is 29.8 Å². The number of rotatable bonds is 4. The van der Waals surface area contributed by atoms with Crippen LogP contribution in [0.3, 0.4) is 0 Å².